The monoisotopic (exact) mass is 276 g/mol. The predicted octanol–water partition coefficient (Wildman–Crippen LogP) is 3.32. The molecule has 0 saturated carbocycles. The molecule has 0 aliphatic rings. The molecule has 2 aromatic carbocycles. The van der Waals surface area contributed by atoms with E-state index in [0.29, 0.717) is 5.33 Å². The van der Waals surface area contributed by atoms with Gasteiger partial charge < -0.3 is 5.11 Å². The van der Waals surface area contributed by atoms with Gasteiger partial charge in [0.15, 0.2) is 0 Å². The van der Waals surface area contributed by atoms with E-state index < -0.39 is 5.60 Å². The van der Waals surface area contributed by atoms with E-state index in [1.807, 2.05) is 60.7 Å². The molecule has 2 heteroatoms. The van der Waals surface area contributed by atoms with Gasteiger partial charge in [-0.3, -0.25) is 0 Å². The van der Waals surface area contributed by atoms with Gasteiger partial charge in [0.1, 0.15) is 5.60 Å². The molecule has 0 aliphatic carbocycles. The minimum atomic E-state index is -0.956. The smallest absolute Gasteiger partial charge is 0.124 e. The first kappa shape index (κ1) is 11.4. The highest BCUT2D eigenvalue weighted by molar-refractivity contribution is 9.09. The summed E-state index contributed by atoms with van der Waals surface area (Å²) in [5.74, 6) is 0. The predicted molar refractivity (Wildman–Crippen MR) is 69.7 cm³/mol. The van der Waals surface area contributed by atoms with Crippen molar-refractivity contribution >= 4 is 15.9 Å². The van der Waals surface area contributed by atoms with Gasteiger partial charge in [-0.25, -0.2) is 0 Å². The van der Waals surface area contributed by atoms with Crippen LogP contribution >= 0.6 is 15.9 Å². The molecule has 0 aromatic heterocycles. The molecule has 0 unspecified atom stereocenters. The third-order valence-electron chi connectivity index (χ3n) is 2.70. The van der Waals surface area contributed by atoms with Gasteiger partial charge in [-0.05, 0) is 11.1 Å². The summed E-state index contributed by atoms with van der Waals surface area (Å²) in [4.78, 5) is 0. The molecule has 0 aliphatic heterocycles. The van der Waals surface area contributed by atoms with Gasteiger partial charge in [0.2, 0.25) is 0 Å². The molecule has 0 saturated heterocycles. The Hall–Kier alpha value is -1.12. The van der Waals surface area contributed by atoms with Crippen LogP contribution in [-0.2, 0) is 5.60 Å². The Morgan fingerprint density at radius 1 is 0.812 bits per heavy atom. The zero-order chi connectivity index (χ0) is 11.4. The summed E-state index contributed by atoms with van der Waals surface area (Å²) in [6.07, 6.45) is 0. The van der Waals surface area contributed by atoms with Crippen molar-refractivity contribution in [1.29, 1.82) is 0 Å². The lowest BCUT2D eigenvalue weighted by Gasteiger charge is -2.27. The van der Waals surface area contributed by atoms with E-state index in [0.717, 1.165) is 11.1 Å². The van der Waals surface area contributed by atoms with E-state index in [4.69, 9.17) is 0 Å². The Morgan fingerprint density at radius 3 is 1.50 bits per heavy atom. The molecular formula is C14H13BrO. The van der Waals surface area contributed by atoms with Crippen LogP contribution in [0, 0.1) is 0 Å². The van der Waals surface area contributed by atoms with Crippen LogP contribution < -0.4 is 0 Å². The van der Waals surface area contributed by atoms with Crippen molar-refractivity contribution in [3.63, 3.8) is 0 Å². The number of rotatable bonds is 3. The zero-order valence-electron chi connectivity index (χ0n) is 8.81. The minimum Gasteiger partial charge on any atom is -0.380 e. The highest BCUT2D eigenvalue weighted by Gasteiger charge is 2.29. The number of hydrogen-bond acceptors (Lipinski definition) is 1. The Kier molecular flexibility index (Phi) is 3.42. The van der Waals surface area contributed by atoms with Crippen LogP contribution in [0.4, 0.5) is 0 Å². The fourth-order valence-corrected chi connectivity index (χ4v) is 2.40. The van der Waals surface area contributed by atoms with Gasteiger partial charge >= 0.3 is 0 Å². The second-order valence-electron chi connectivity index (χ2n) is 3.73. The first-order valence-electron chi connectivity index (χ1n) is 5.17. The van der Waals surface area contributed by atoms with Crippen molar-refractivity contribution in [3.8, 4) is 0 Å². The summed E-state index contributed by atoms with van der Waals surface area (Å²) >= 11 is 3.40. The van der Waals surface area contributed by atoms with Crippen molar-refractivity contribution in [2.45, 2.75) is 5.60 Å². The maximum atomic E-state index is 10.7. The van der Waals surface area contributed by atoms with Crippen molar-refractivity contribution in [2.75, 3.05) is 5.33 Å². The van der Waals surface area contributed by atoms with Crippen LogP contribution in [0.15, 0.2) is 60.7 Å². The molecule has 0 spiro atoms. The van der Waals surface area contributed by atoms with Crippen LogP contribution in [0.5, 0.6) is 0 Å². The first-order valence-corrected chi connectivity index (χ1v) is 6.29. The fraction of sp³-hybridized carbons (Fsp3) is 0.143. The molecule has 82 valence electrons. The average molecular weight is 277 g/mol. The quantitative estimate of drug-likeness (QED) is 0.853. The summed E-state index contributed by atoms with van der Waals surface area (Å²) in [5, 5.41) is 11.2. The summed E-state index contributed by atoms with van der Waals surface area (Å²) < 4.78 is 0. The maximum absolute atomic E-state index is 10.7. The van der Waals surface area contributed by atoms with Crippen LogP contribution in [-0.4, -0.2) is 10.4 Å². The minimum absolute atomic E-state index is 0.480. The van der Waals surface area contributed by atoms with E-state index in [1.54, 1.807) is 0 Å². The number of benzene rings is 2. The van der Waals surface area contributed by atoms with Crippen LogP contribution in [0.2, 0.25) is 0 Å². The third-order valence-corrected chi connectivity index (χ3v) is 3.51. The molecule has 0 atom stereocenters. The van der Waals surface area contributed by atoms with Gasteiger partial charge in [0.05, 0.1) is 0 Å². The van der Waals surface area contributed by atoms with E-state index in [9.17, 15) is 5.11 Å². The van der Waals surface area contributed by atoms with Gasteiger partial charge in [0, 0.05) is 5.33 Å². The van der Waals surface area contributed by atoms with Crippen LogP contribution in [0.1, 0.15) is 11.1 Å². The van der Waals surface area contributed by atoms with E-state index >= 15 is 0 Å². The highest BCUT2D eigenvalue weighted by atomic mass is 79.9. The molecule has 2 rings (SSSR count). The fourth-order valence-electron chi connectivity index (χ4n) is 1.75. The second kappa shape index (κ2) is 4.81. The van der Waals surface area contributed by atoms with Crippen molar-refractivity contribution < 1.29 is 5.11 Å². The molecule has 0 radical (unpaired) electrons. The Labute approximate surface area is 104 Å². The van der Waals surface area contributed by atoms with Crippen LogP contribution in [0.25, 0.3) is 0 Å². The van der Waals surface area contributed by atoms with E-state index in [-0.39, 0.29) is 0 Å². The first-order chi connectivity index (χ1) is 7.77. The Morgan fingerprint density at radius 2 is 1.19 bits per heavy atom. The topological polar surface area (TPSA) is 20.2 Å². The lowest BCUT2D eigenvalue weighted by atomic mass is 9.88. The molecule has 1 nitrogen and oxygen atoms in total. The van der Waals surface area contributed by atoms with Gasteiger partial charge in [0.25, 0.3) is 0 Å². The summed E-state index contributed by atoms with van der Waals surface area (Å²) in [6, 6.07) is 19.4. The lowest BCUT2D eigenvalue weighted by Crippen LogP contribution is -2.28. The molecule has 0 bridgehead atoms. The molecule has 1 N–H and O–H groups in total. The van der Waals surface area contributed by atoms with Gasteiger partial charge in [-0.15, -0.1) is 0 Å². The SMILES string of the molecule is OC(CBr)(c1ccccc1)c1ccccc1. The molecule has 0 heterocycles. The van der Waals surface area contributed by atoms with Gasteiger partial charge in [-0.2, -0.15) is 0 Å². The molecule has 0 amide bonds. The molecular weight excluding hydrogens is 264 g/mol. The Balaban J connectivity index is 2.49. The summed E-state index contributed by atoms with van der Waals surface area (Å²) in [7, 11) is 0. The lowest BCUT2D eigenvalue weighted by molar-refractivity contribution is 0.109. The standard InChI is InChI=1S/C14H13BrO/c15-11-14(16,12-7-3-1-4-8-12)13-9-5-2-6-10-13/h1-10,16H,11H2. The maximum Gasteiger partial charge on any atom is 0.124 e. The largest absolute Gasteiger partial charge is 0.380 e. The van der Waals surface area contributed by atoms with Crippen molar-refractivity contribution in [3.05, 3.63) is 71.8 Å². The molecule has 0 fully saturated rings. The normalized spacial score (nSPS) is 11.4. The zero-order valence-corrected chi connectivity index (χ0v) is 10.4. The molecule has 2 aromatic rings. The summed E-state index contributed by atoms with van der Waals surface area (Å²) in [6.45, 7) is 0. The van der Waals surface area contributed by atoms with Gasteiger partial charge in [-0.1, -0.05) is 76.6 Å². The van der Waals surface area contributed by atoms with E-state index in [2.05, 4.69) is 15.9 Å². The highest BCUT2D eigenvalue weighted by Crippen LogP contribution is 2.30. The summed E-state index contributed by atoms with van der Waals surface area (Å²) in [5.41, 5.74) is 0.846. The Bertz CT molecular complexity index is 399. The number of hydrogen-bond donors (Lipinski definition) is 1. The number of halogens is 1. The van der Waals surface area contributed by atoms with Crippen molar-refractivity contribution in [2.24, 2.45) is 0 Å². The second-order valence-corrected chi connectivity index (χ2v) is 4.29. The van der Waals surface area contributed by atoms with Crippen molar-refractivity contribution in [1.82, 2.24) is 0 Å². The van der Waals surface area contributed by atoms with Crippen LogP contribution in [0.3, 0.4) is 0 Å². The third kappa shape index (κ3) is 2.04. The van der Waals surface area contributed by atoms with E-state index in [1.165, 1.54) is 0 Å². The number of aliphatic hydroxyl groups is 1. The molecule has 16 heavy (non-hydrogen) atoms. The average Bonchev–Trinajstić information content (AvgIpc) is 2.40. The number of alkyl halides is 1.